The van der Waals surface area contributed by atoms with Crippen molar-refractivity contribution in [3.63, 3.8) is 0 Å². The molecule has 5 heterocycles. The number of amidine groups is 2. The van der Waals surface area contributed by atoms with E-state index in [-0.39, 0.29) is 50.6 Å². The van der Waals surface area contributed by atoms with Crippen LogP contribution in [0.15, 0.2) is 86.7 Å². The Hall–Kier alpha value is -5.54. The number of hydrogen-bond acceptors (Lipinski definition) is 6. The van der Waals surface area contributed by atoms with Crippen molar-refractivity contribution >= 4 is 44.9 Å². The number of rotatable bonds is 0. The van der Waals surface area contributed by atoms with Crippen molar-refractivity contribution in [2.24, 2.45) is 20.0 Å². The number of hydrogen-bond donors (Lipinski definition) is 3. The first kappa shape index (κ1) is 30.8. The van der Waals surface area contributed by atoms with Gasteiger partial charge in [0.05, 0.1) is 11.1 Å². The Labute approximate surface area is 278 Å². The van der Waals surface area contributed by atoms with Gasteiger partial charge in [-0.1, -0.05) is 40.9 Å². The van der Waals surface area contributed by atoms with Crippen molar-refractivity contribution in [3.05, 3.63) is 129 Å². The Morgan fingerprint density at radius 1 is 0.673 bits per heavy atom. The van der Waals surface area contributed by atoms with Gasteiger partial charge in [-0.15, -0.1) is 5.12 Å². The van der Waals surface area contributed by atoms with Crippen LogP contribution in [0.4, 0.5) is 46.8 Å². The van der Waals surface area contributed by atoms with E-state index in [0.29, 0.717) is 35.0 Å². The molecule has 0 fully saturated rings. The van der Waals surface area contributed by atoms with Crippen molar-refractivity contribution < 1.29 is 52.3 Å². The largest absolute Gasteiger partial charge is 0.334 e. The maximum atomic E-state index is 17.1. The molecule has 6 aromatic rings. The topological polar surface area (TPSA) is 96.3 Å². The van der Waals surface area contributed by atoms with E-state index in [1.165, 1.54) is 12.1 Å². The SMILES string of the molecule is Fc1cc2c3[nH]c(c2cc1F)N(F)C1(F)N=C(NC2(F)N=C(N=c4[nH]c(c5ccccc45)=N3)c3cccc(F)c32)c2c1ccc(F)c2F.[Cu]. The van der Waals surface area contributed by atoms with Gasteiger partial charge in [-0.25, -0.2) is 41.9 Å². The molecule has 0 saturated carbocycles. The first-order chi connectivity index (χ1) is 23.0. The third-order valence-electron chi connectivity index (χ3n) is 8.44. The Kier molecular flexibility index (Phi) is 6.43. The van der Waals surface area contributed by atoms with Crippen LogP contribution >= 0.6 is 0 Å². The number of halogens is 8. The van der Waals surface area contributed by atoms with Gasteiger partial charge in [0.2, 0.25) is 0 Å². The second kappa shape index (κ2) is 10.2. The minimum Gasteiger partial charge on any atom is -0.324 e. The van der Waals surface area contributed by atoms with Crippen LogP contribution in [0.2, 0.25) is 0 Å². The van der Waals surface area contributed by atoms with Crippen molar-refractivity contribution in [1.29, 1.82) is 0 Å². The average molecular weight is 726 g/mol. The van der Waals surface area contributed by atoms with E-state index in [1.807, 2.05) is 0 Å². The van der Waals surface area contributed by atoms with Gasteiger partial charge in [-0.05, 0) is 30.3 Å². The van der Waals surface area contributed by atoms with Crippen molar-refractivity contribution in [3.8, 4) is 0 Å². The second-order valence-corrected chi connectivity index (χ2v) is 11.2. The van der Waals surface area contributed by atoms with Gasteiger partial charge in [0.25, 0.3) is 0 Å². The summed E-state index contributed by atoms with van der Waals surface area (Å²) in [5.74, 6) is -16.8. The molecule has 0 spiro atoms. The Morgan fingerprint density at radius 3 is 2.10 bits per heavy atom. The monoisotopic (exact) mass is 725 g/mol. The summed E-state index contributed by atoms with van der Waals surface area (Å²) >= 11 is 0. The van der Waals surface area contributed by atoms with Gasteiger partial charge in [-0.2, -0.15) is 8.78 Å². The van der Waals surface area contributed by atoms with Crippen LogP contribution in [-0.2, 0) is 28.9 Å². The minimum absolute atomic E-state index is 0. The molecule has 1 radical (unpaired) electrons. The number of anilines is 1. The summed E-state index contributed by atoms with van der Waals surface area (Å²) in [4.78, 5) is 21.9. The smallest absolute Gasteiger partial charge is 0.324 e. The molecule has 3 aliphatic rings. The van der Waals surface area contributed by atoms with Crippen LogP contribution in [0.1, 0.15) is 22.3 Å². The maximum absolute atomic E-state index is 17.1. The van der Waals surface area contributed by atoms with Crippen LogP contribution < -0.4 is 21.4 Å². The first-order valence-electron chi connectivity index (χ1n) is 14.1. The summed E-state index contributed by atoms with van der Waals surface area (Å²) < 4.78 is 125. The standard InChI is InChI=1S/C32H14F8N8.Cu/c33-18-7-3-6-14-23(18)31(38)45-28(14)43-26-13-5-2-1-4-12(13)25(41-26)42-27-15-10-20(35)21(36)11-16(15)30(44-27)48(40)32(39)17-8-9-19(34)24(37)22(17)29(46-31)47-32;/h1-11,44H,(H,46,47)(H,41,42,43,45);. The number of H-pyrrole nitrogens is 2. The maximum Gasteiger partial charge on any atom is 0.334 e. The molecule has 2 unspecified atom stereocenters. The number of aromatic nitrogens is 2. The molecule has 49 heavy (non-hydrogen) atoms. The third-order valence-corrected chi connectivity index (χ3v) is 8.44. The molecule has 17 heteroatoms. The Balaban J connectivity index is 0.00000348. The molecule has 2 aromatic heterocycles. The van der Waals surface area contributed by atoms with Crippen LogP contribution in [0.25, 0.3) is 21.5 Å². The van der Waals surface area contributed by atoms with Crippen LogP contribution in [0.3, 0.4) is 0 Å². The molecule has 2 atom stereocenters. The summed E-state index contributed by atoms with van der Waals surface area (Å²) in [6, 6.07) is 12.5. The molecule has 9 rings (SSSR count). The summed E-state index contributed by atoms with van der Waals surface area (Å²) in [7, 11) is 0. The molecular weight excluding hydrogens is 712 g/mol. The van der Waals surface area contributed by atoms with E-state index in [0.717, 1.165) is 6.07 Å². The summed E-state index contributed by atoms with van der Waals surface area (Å²) in [5, 5.41) is 1.62. The zero-order chi connectivity index (χ0) is 33.3. The van der Waals surface area contributed by atoms with Gasteiger partial charge in [0.15, 0.2) is 34.9 Å². The van der Waals surface area contributed by atoms with Gasteiger partial charge >= 0.3 is 11.8 Å². The van der Waals surface area contributed by atoms with Gasteiger partial charge in [0, 0.05) is 49.7 Å². The summed E-state index contributed by atoms with van der Waals surface area (Å²) in [5.41, 5.74) is -2.74. The summed E-state index contributed by atoms with van der Waals surface area (Å²) in [6.45, 7) is 0. The zero-order valence-corrected chi connectivity index (χ0v) is 24.9. The van der Waals surface area contributed by atoms with E-state index in [4.69, 9.17) is 0 Å². The zero-order valence-electron chi connectivity index (χ0n) is 23.9. The molecule has 4 aromatic carbocycles. The molecule has 0 saturated heterocycles. The fourth-order valence-corrected chi connectivity index (χ4v) is 6.31. The quantitative estimate of drug-likeness (QED) is 0.0744. The van der Waals surface area contributed by atoms with Crippen LogP contribution in [-0.4, -0.2) is 21.6 Å². The number of alkyl halides is 2. The second-order valence-electron chi connectivity index (χ2n) is 11.2. The van der Waals surface area contributed by atoms with Gasteiger partial charge in [0.1, 0.15) is 28.4 Å². The Bertz CT molecular complexity index is 2640. The number of fused-ring (bicyclic) bond motifs is 18. The summed E-state index contributed by atoms with van der Waals surface area (Å²) in [6.07, 6.45) is 0. The van der Waals surface area contributed by atoms with E-state index in [2.05, 4.69) is 35.3 Å². The molecule has 3 N–H and O–H groups in total. The van der Waals surface area contributed by atoms with Crippen molar-refractivity contribution in [2.75, 3.05) is 5.12 Å². The van der Waals surface area contributed by atoms with Crippen LogP contribution in [0.5, 0.6) is 0 Å². The van der Waals surface area contributed by atoms with Crippen LogP contribution in [0, 0.1) is 29.1 Å². The minimum atomic E-state index is -3.78. The predicted molar refractivity (Wildman–Crippen MR) is 157 cm³/mol. The van der Waals surface area contributed by atoms with E-state index >= 15 is 22.0 Å². The van der Waals surface area contributed by atoms with E-state index in [9.17, 15) is 13.2 Å². The predicted octanol–water partition coefficient (Wildman–Crippen LogP) is 6.29. The number of aliphatic imine (C=N–C) groups is 2. The average Bonchev–Trinajstić information content (AvgIpc) is 3.75. The molecule has 0 amide bonds. The van der Waals surface area contributed by atoms with E-state index in [1.54, 1.807) is 24.3 Å². The Morgan fingerprint density at radius 2 is 1.37 bits per heavy atom. The fraction of sp³-hybridized carbons (Fsp3) is 0.0625. The van der Waals surface area contributed by atoms with Gasteiger partial charge in [-0.3, -0.25) is 0 Å². The number of benzene rings is 4. The number of aromatic amines is 2. The molecular formula is C32H14CuF8N8. The fourth-order valence-electron chi connectivity index (χ4n) is 6.31. The molecule has 8 bridgehead atoms. The molecule has 3 aliphatic heterocycles. The normalized spacial score (nSPS) is 20.5. The van der Waals surface area contributed by atoms with Gasteiger partial charge < -0.3 is 15.3 Å². The molecule has 8 nitrogen and oxygen atoms in total. The van der Waals surface area contributed by atoms with Crippen molar-refractivity contribution in [1.82, 2.24) is 15.3 Å². The van der Waals surface area contributed by atoms with Crippen molar-refractivity contribution in [2.45, 2.75) is 11.8 Å². The number of nitrogens with one attached hydrogen (secondary N) is 3. The van der Waals surface area contributed by atoms with E-state index < -0.39 is 79.8 Å². The first-order valence-corrected chi connectivity index (χ1v) is 14.1. The molecule has 249 valence electrons. The number of nitrogens with zero attached hydrogens (tertiary/aromatic N) is 5. The third kappa shape index (κ3) is 4.15. The molecule has 0 aliphatic carbocycles.